The van der Waals surface area contributed by atoms with Crippen LogP contribution in [0.4, 0.5) is 0 Å². The van der Waals surface area contributed by atoms with Gasteiger partial charge < -0.3 is 9.47 Å². The summed E-state index contributed by atoms with van der Waals surface area (Å²) in [4.78, 5) is 0. The SMILES string of the molecule is C#CCNC(C)c1ccc(OC)c(COC)c1. The van der Waals surface area contributed by atoms with E-state index >= 15 is 0 Å². The highest BCUT2D eigenvalue weighted by atomic mass is 16.5. The molecule has 0 fully saturated rings. The molecule has 0 saturated heterocycles. The number of methoxy groups -OCH3 is 2. The van der Waals surface area contributed by atoms with E-state index < -0.39 is 0 Å². The zero-order valence-electron chi connectivity index (χ0n) is 10.6. The number of terminal acetylenes is 1. The molecule has 0 amide bonds. The zero-order valence-corrected chi connectivity index (χ0v) is 10.6. The molecule has 1 N–H and O–H groups in total. The minimum Gasteiger partial charge on any atom is -0.496 e. The lowest BCUT2D eigenvalue weighted by Gasteiger charge is -2.15. The first kappa shape index (κ1) is 13.6. The molecule has 0 aromatic heterocycles. The average molecular weight is 233 g/mol. The van der Waals surface area contributed by atoms with Gasteiger partial charge in [0.2, 0.25) is 0 Å². The second kappa shape index (κ2) is 6.95. The Morgan fingerprint density at radius 3 is 2.76 bits per heavy atom. The quantitative estimate of drug-likeness (QED) is 0.763. The third-order valence-corrected chi connectivity index (χ3v) is 2.61. The van der Waals surface area contributed by atoms with E-state index in [0.29, 0.717) is 13.2 Å². The molecule has 0 saturated carbocycles. The molecule has 0 radical (unpaired) electrons. The van der Waals surface area contributed by atoms with Crippen molar-refractivity contribution in [2.24, 2.45) is 0 Å². The van der Waals surface area contributed by atoms with Gasteiger partial charge in [0.15, 0.2) is 0 Å². The number of benzene rings is 1. The summed E-state index contributed by atoms with van der Waals surface area (Å²) < 4.78 is 10.4. The molecule has 0 spiro atoms. The average Bonchev–Trinajstić information content (AvgIpc) is 2.36. The van der Waals surface area contributed by atoms with Crippen molar-refractivity contribution in [2.45, 2.75) is 19.6 Å². The van der Waals surface area contributed by atoms with Crippen LogP contribution in [0.3, 0.4) is 0 Å². The summed E-state index contributed by atoms with van der Waals surface area (Å²) in [5.41, 5.74) is 2.22. The van der Waals surface area contributed by atoms with Crippen molar-refractivity contribution in [1.82, 2.24) is 5.32 Å². The smallest absolute Gasteiger partial charge is 0.124 e. The van der Waals surface area contributed by atoms with Crippen LogP contribution in [-0.4, -0.2) is 20.8 Å². The molecule has 0 bridgehead atoms. The Labute approximate surface area is 103 Å². The van der Waals surface area contributed by atoms with E-state index in [2.05, 4.69) is 24.2 Å². The molecular formula is C14H19NO2. The molecule has 17 heavy (non-hydrogen) atoms. The minimum absolute atomic E-state index is 0.215. The van der Waals surface area contributed by atoms with Crippen molar-refractivity contribution in [3.05, 3.63) is 29.3 Å². The Hall–Kier alpha value is -1.50. The van der Waals surface area contributed by atoms with Crippen LogP contribution >= 0.6 is 0 Å². The highest BCUT2D eigenvalue weighted by molar-refractivity contribution is 5.38. The van der Waals surface area contributed by atoms with E-state index in [0.717, 1.165) is 11.3 Å². The normalized spacial score (nSPS) is 11.9. The maximum Gasteiger partial charge on any atom is 0.124 e. The Morgan fingerprint density at radius 2 is 2.18 bits per heavy atom. The molecule has 1 rings (SSSR count). The van der Waals surface area contributed by atoms with E-state index in [1.165, 1.54) is 5.56 Å². The molecule has 0 aliphatic heterocycles. The van der Waals surface area contributed by atoms with Crippen molar-refractivity contribution in [1.29, 1.82) is 0 Å². The summed E-state index contributed by atoms with van der Waals surface area (Å²) in [5, 5.41) is 3.24. The highest BCUT2D eigenvalue weighted by Gasteiger charge is 2.08. The van der Waals surface area contributed by atoms with Crippen molar-refractivity contribution in [3.63, 3.8) is 0 Å². The number of nitrogens with one attached hydrogen (secondary N) is 1. The van der Waals surface area contributed by atoms with Gasteiger partial charge in [0.1, 0.15) is 5.75 Å². The highest BCUT2D eigenvalue weighted by Crippen LogP contribution is 2.23. The van der Waals surface area contributed by atoms with Crippen LogP contribution in [0.1, 0.15) is 24.1 Å². The summed E-state index contributed by atoms with van der Waals surface area (Å²) in [6.07, 6.45) is 5.23. The van der Waals surface area contributed by atoms with Crippen LogP contribution in [0.5, 0.6) is 5.75 Å². The summed E-state index contributed by atoms with van der Waals surface area (Å²) >= 11 is 0. The van der Waals surface area contributed by atoms with Crippen molar-refractivity contribution in [3.8, 4) is 18.1 Å². The van der Waals surface area contributed by atoms with E-state index in [9.17, 15) is 0 Å². The summed E-state index contributed by atoms with van der Waals surface area (Å²) in [7, 11) is 3.33. The van der Waals surface area contributed by atoms with E-state index in [1.807, 2.05) is 12.1 Å². The molecule has 1 atom stereocenters. The van der Waals surface area contributed by atoms with Gasteiger partial charge in [-0.25, -0.2) is 0 Å². The third kappa shape index (κ3) is 3.77. The van der Waals surface area contributed by atoms with Crippen molar-refractivity contribution < 1.29 is 9.47 Å². The fourth-order valence-corrected chi connectivity index (χ4v) is 1.67. The number of hydrogen-bond donors (Lipinski definition) is 1. The molecule has 3 heteroatoms. The van der Waals surface area contributed by atoms with Gasteiger partial charge in [0.25, 0.3) is 0 Å². The fraction of sp³-hybridized carbons (Fsp3) is 0.429. The summed E-state index contributed by atoms with van der Waals surface area (Å²) in [5.74, 6) is 3.42. The van der Waals surface area contributed by atoms with E-state index in [-0.39, 0.29) is 6.04 Å². The molecular weight excluding hydrogens is 214 g/mol. The summed E-state index contributed by atoms with van der Waals surface area (Å²) in [6.45, 7) is 3.18. The van der Waals surface area contributed by atoms with Crippen LogP contribution in [-0.2, 0) is 11.3 Å². The van der Waals surface area contributed by atoms with E-state index in [1.54, 1.807) is 14.2 Å². The van der Waals surface area contributed by atoms with Gasteiger partial charge in [-0.05, 0) is 24.6 Å². The lowest BCUT2D eigenvalue weighted by atomic mass is 10.0. The van der Waals surface area contributed by atoms with Crippen LogP contribution in [0.2, 0.25) is 0 Å². The monoisotopic (exact) mass is 233 g/mol. The van der Waals surface area contributed by atoms with Crippen LogP contribution in [0.15, 0.2) is 18.2 Å². The fourth-order valence-electron chi connectivity index (χ4n) is 1.67. The predicted molar refractivity (Wildman–Crippen MR) is 69.0 cm³/mol. The lowest BCUT2D eigenvalue weighted by molar-refractivity contribution is 0.181. The molecule has 92 valence electrons. The van der Waals surface area contributed by atoms with Gasteiger partial charge in [-0.15, -0.1) is 6.42 Å². The zero-order chi connectivity index (χ0) is 12.7. The standard InChI is InChI=1S/C14H19NO2/c1-5-8-15-11(2)12-6-7-14(17-4)13(9-12)10-16-3/h1,6-7,9,11,15H,8,10H2,2-4H3. The Balaban J connectivity index is 2.87. The largest absolute Gasteiger partial charge is 0.496 e. The molecule has 0 heterocycles. The van der Waals surface area contributed by atoms with Gasteiger partial charge in [0, 0.05) is 18.7 Å². The Morgan fingerprint density at radius 1 is 1.41 bits per heavy atom. The second-order valence-electron chi connectivity index (χ2n) is 3.81. The predicted octanol–water partition coefficient (Wildman–Crippen LogP) is 2.13. The molecule has 1 unspecified atom stereocenters. The Kier molecular flexibility index (Phi) is 5.55. The Bertz CT molecular complexity index is 396. The lowest BCUT2D eigenvalue weighted by Crippen LogP contribution is -2.18. The number of hydrogen-bond acceptors (Lipinski definition) is 3. The van der Waals surface area contributed by atoms with Crippen LogP contribution < -0.4 is 10.1 Å². The van der Waals surface area contributed by atoms with Gasteiger partial charge >= 0.3 is 0 Å². The van der Waals surface area contributed by atoms with Gasteiger partial charge in [-0.1, -0.05) is 12.0 Å². The number of rotatable bonds is 6. The first-order valence-corrected chi connectivity index (χ1v) is 5.55. The summed E-state index contributed by atoms with van der Waals surface area (Å²) in [6, 6.07) is 6.29. The molecule has 1 aromatic carbocycles. The molecule has 0 aliphatic carbocycles. The van der Waals surface area contributed by atoms with Gasteiger partial charge in [-0.3, -0.25) is 5.32 Å². The van der Waals surface area contributed by atoms with Gasteiger partial charge in [-0.2, -0.15) is 0 Å². The third-order valence-electron chi connectivity index (χ3n) is 2.61. The second-order valence-corrected chi connectivity index (χ2v) is 3.81. The first-order valence-electron chi connectivity index (χ1n) is 5.55. The molecule has 3 nitrogen and oxygen atoms in total. The van der Waals surface area contributed by atoms with E-state index in [4.69, 9.17) is 15.9 Å². The first-order chi connectivity index (χ1) is 8.22. The molecule has 0 aliphatic rings. The van der Waals surface area contributed by atoms with Crippen molar-refractivity contribution >= 4 is 0 Å². The maximum absolute atomic E-state index is 5.28. The maximum atomic E-state index is 5.28. The molecule has 1 aromatic rings. The van der Waals surface area contributed by atoms with Crippen molar-refractivity contribution in [2.75, 3.05) is 20.8 Å². The van der Waals surface area contributed by atoms with Gasteiger partial charge in [0.05, 0.1) is 20.3 Å². The number of ether oxygens (including phenoxy) is 2. The van der Waals surface area contributed by atoms with Crippen LogP contribution in [0, 0.1) is 12.3 Å². The van der Waals surface area contributed by atoms with Crippen LogP contribution in [0.25, 0.3) is 0 Å². The topological polar surface area (TPSA) is 30.5 Å². The minimum atomic E-state index is 0.215.